The number of ether oxygens (including phenoxy) is 3. The summed E-state index contributed by atoms with van der Waals surface area (Å²) < 4.78 is 16.8. The van der Waals surface area contributed by atoms with Crippen molar-refractivity contribution < 1.29 is 14.2 Å². The molecular weight excluding hydrogens is 280 g/mol. The molecule has 2 aliphatic rings. The molecule has 0 unspecified atom stereocenters. The summed E-state index contributed by atoms with van der Waals surface area (Å²) in [6.45, 7) is 1.96. The van der Waals surface area contributed by atoms with Gasteiger partial charge in [-0.1, -0.05) is 11.8 Å². The van der Waals surface area contributed by atoms with Crippen molar-refractivity contribution in [1.29, 1.82) is 0 Å². The molecule has 0 N–H and O–H groups in total. The molecule has 0 amide bonds. The lowest BCUT2D eigenvalue weighted by molar-refractivity contribution is 0.171. The molecule has 1 atom stereocenters. The molecule has 118 valence electrons. The summed E-state index contributed by atoms with van der Waals surface area (Å²) in [7, 11) is 7.82. The molecule has 0 spiro atoms. The predicted octanol–water partition coefficient (Wildman–Crippen LogP) is 1.52. The standard InChI is InChI=1S/C17H22N2O3/c1-18(2)8-5-6-13-15-12(7-9-19(13)3)10-14-16(17(15)20-4)22-11-21-14/h10,13H,7-9,11H2,1-4H3/t13-/m0/s1. The van der Waals surface area contributed by atoms with Gasteiger partial charge in [-0.2, -0.15) is 0 Å². The summed E-state index contributed by atoms with van der Waals surface area (Å²) in [4.78, 5) is 4.32. The Morgan fingerprint density at radius 2 is 2.23 bits per heavy atom. The molecular formula is C17H22N2O3. The van der Waals surface area contributed by atoms with Crippen molar-refractivity contribution >= 4 is 0 Å². The van der Waals surface area contributed by atoms with Gasteiger partial charge in [0, 0.05) is 12.1 Å². The molecule has 0 fully saturated rings. The number of hydrogen-bond donors (Lipinski definition) is 0. The molecule has 0 bridgehead atoms. The molecule has 22 heavy (non-hydrogen) atoms. The molecule has 3 rings (SSSR count). The van der Waals surface area contributed by atoms with Crippen LogP contribution in [0.15, 0.2) is 6.07 Å². The molecule has 0 aromatic heterocycles. The minimum absolute atomic E-state index is 0.0214. The molecule has 1 aromatic carbocycles. The zero-order valence-corrected chi connectivity index (χ0v) is 13.6. The van der Waals surface area contributed by atoms with E-state index >= 15 is 0 Å². The van der Waals surface area contributed by atoms with Crippen molar-refractivity contribution in [2.24, 2.45) is 0 Å². The van der Waals surface area contributed by atoms with Gasteiger partial charge in [-0.3, -0.25) is 9.80 Å². The monoisotopic (exact) mass is 302 g/mol. The van der Waals surface area contributed by atoms with Crippen LogP contribution in [0.4, 0.5) is 0 Å². The molecule has 2 heterocycles. The summed E-state index contributed by atoms with van der Waals surface area (Å²) in [6, 6.07) is 2.10. The van der Waals surface area contributed by atoms with E-state index in [4.69, 9.17) is 14.2 Å². The third-order valence-electron chi connectivity index (χ3n) is 4.03. The zero-order chi connectivity index (χ0) is 15.7. The number of nitrogens with zero attached hydrogens (tertiary/aromatic N) is 2. The van der Waals surface area contributed by atoms with Crippen LogP contribution in [-0.2, 0) is 6.42 Å². The minimum atomic E-state index is 0.0214. The first kappa shape index (κ1) is 15.0. The molecule has 2 aliphatic heterocycles. The van der Waals surface area contributed by atoms with E-state index in [0.29, 0.717) is 5.75 Å². The van der Waals surface area contributed by atoms with Gasteiger partial charge in [0.1, 0.15) is 6.04 Å². The Labute approximate surface area is 131 Å². The van der Waals surface area contributed by atoms with Crippen molar-refractivity contribution in [2.75, 3.05) is 48.1 Å². The van der Waals surface area contributed by atoms with Crippen LogP contribution in [0.25, 0.3) is 0 Å². The second-order valence-corrected chi connectivity index (χ2v) is 5.91. The smallest absolute Gasteiger partial charge is 0.231 e. The van der Waals surface area contributed by atoms with Crippen molar-refractivity contribution in [3.8, 4) is 29.1 Å². The first-order valence-corrected chi connectivity index (χ1v) is 7.44. The van der Waals surface area contributed by atoms with E-state index in [2.05, 4.69) is 34.8 Å². The normalized spacial score (nSPS) is 19.6. The number of fused-ring (bicyclic) bond motifs is 2. The lowest BCUT2D eigenvalue weighted by Crippen LogP contribution is -2.32. The Morgan fingerprint density at radius 1 is 1.41 bits per heavy atom. The second kappa shape index (κ2) is 6.07. The van der Waals surface area contributed by atoms with Gasteiger partial charge in [0.15, 0.2) is 11.5 Å². The van der Waals surface area contributed by atoms with Crippen LogP contribution >= 0.6 is 0 Å². The van der Waals surface area contributed by atoms with Crippen molar-refractivity contribution in [2.45, 2.75) is 12.5 Å². The van der Waals surface area contributed by atoms with Crippen LogP contribution in [0.5, 0.6) is 17.2 Å². The van der Waals surface area contributed by atoms with Gasteiger partial charge in [-0.05, 0) is 39.2 Å². The average Bonchev–Trinajstić information content (AvgIpc) is 2.95. The first-order valence-electron chi connectivity index (χ1n) is 7.44. The average molecular weight is 302 g/mol. The van der Waals surface area contributed by atoms with E-state index in [0.717, 1.165) is 36.6 Å². The molecule has 0 aliphatic carbocycles. The summed E-state index contributed by atoms with van der Waals surface area (Å²) in [5.74, 6) is 8.88. The Hall–Kier alpha value is -1.90. The lowest BCUT2D eigenvalue weighted by atomic mass is 9.91. The summed E-state index contributed by atoms with van der Waals surface area (Å²) >= 11 is 0. The van der Waals surface area contributed by atoms with Gasteiger partial charge >= 0.3 is 0 Å². The summed E-state index contributed by atoms with van der Waals surface area (Å²) in [5, 5.41) is 0. The number of methoxy groups -OCH3 is 1. The van der Waals surface area contributed by atoms with Gasteiger partial charge in [0.25, 0.3) is 0 Å². The van der Waals surface area contributed by atoms with Gasteiger partial charge in [0.05, 0.1) is 13.7 Å². The van der Waals surface area contributed by atoms with E-state index < -0.39 is 0 Å². The Kier molecular flexibility index (Phi) is 4.14. The van der Waals surface area contributed by atoms with Crippen molar-refractivity contribution in [1.82, 2.24) is 9.80 Å². The minimum Gasteiger partial charge on any atom is -0.492 e. The third-order valence-corrected chi connectivity index (χ3v) is 4.03. The molecule has 5 nitrogen and oxygen atoms in total. The van der Waals surface area contributed by atoms with Crippen LogP contribution in [0.1, 0.15) is 17.2 Å². The van der Waals surface area contributed by atoms with E-state index in [-0.39, 0.29) is 12.8 Å². The summed E-state index contributed by atoms with van der Waals surface area (Å²) in [6.07, 6.45) is 0.963. The third kappa shape index (κ3) is 2.60. The van der Waals surface area contributed by atoms with Crippen LogP contribution in [-0.4, -0.2) is 57.9 Å². The van der Waals surface area contributed by atoms with Gasteiger partial charge in [0.2, 0.25) is 12.5 Å². The molecule has 0 saturated carbocycles. The van der Waals surface area contributed by atoms with Crippen molar-refractivity contribution in [3.05, 3.63) is 17.2 Å². The van der Waals surface area contributed by atoms with Crippen LogP contribution < -0.4 is 14.2 Å². The highest BCUT2D eigenvalue weighted by Crippen LogP contribution is 2.49. The van der Waals surface area contributed by atoms with Crippen LogP contribution in [0.2, 0.25) is 0 Å². The Balaban J connectivity index is 2.06. The fourth-order valence-electron chi connectivity index (χ4n) is 2.92. The largest absolute Gasteiger partial charge is 0.492 e. The quantitative estimate of drug-likeness (QED) is 0.774. The Morgan fingerprint density at radius 3 is 2.95 bits per heavy atom. The number of benzene rings is 1. The highest BCUT2D eigenvalue weighted by molar-refractivity contribution is 5.62. The maximum Gasteiger partial charge on any atom is 0.231 e. The van der Waals surface area contributed by atoms with Gasteiger partial charge < -0.3 is 14.2 Å². The van der Waals surface area contributed by atoms with Crippen LogP contribution in [0, 0.1) is 11.8 Å². The maximum absolute atomic E-state index is 5.65. The fourth-order valence-corrected chi connectivity index (χ4v) is 2.92. The lowest BCUT2D eigenvalue weighted by Gasteiger charge is -2.32. The second-order valence-electron chi connectivity index (χ2n) is 5.91. The fraction of sp³-hybridized carbons (Fsp3) is 0.529. The zero-order valence-electron chi connectivity index (χ0n) is 13.6. The number of rotatable bonds is 2. The highest BCUT2D eigenvalue weighted by atomic mass is 16.7. The number of hydrogen-bond acceptors (Lipinski definition) is 5. The van der Waals surface area contributed by atoms with Crippen LogP contribution in [0.3, 0.4) is 0 Å². The Bertz CT molecular complexity index is 631. The highest BCUT2D eigenvalue weighted by Gasteiger charge is 2.33. The first-order chi connectivity index (χ1) is 10.6. The van der Waals surface area contributed by atoms with E-state index in [9.17, 15) is 0 Å². The molecule has 5 heteroatoms. The van der Waals surface area contributed by atoms with E-state index in [1.54, 1.807) is 7.11 Å². The van der Waals surface area contributed by atoms with E-state index in [1.807, 2.05) is 14.1 Å². The predicted molar refractivity (Wildman–Crippen MR) is 84.5 cm³/mol. The van der Waals surface area contributed by atoms with Gasteiger partial charge in [-0.15, -0.1) is 0 Å². The topological polar surface area (TPSA) is 34.2 Å². The van der Waals surface area contributed by atoms with Crippen molar-refractivity contribution in [3.63, 3.8) is 0 Å². The van der Waals surface area contributed by atoms with E-state index in [1.165, 1.54) is 5.56 Å². The summed E-state index contributed by atoms with van der Waals surface area (Å²) in [5.41, 5.74) is 2.36. The number of likely N-dealkylation sites (N-methyl/N-ethyl adjacent to an activating group) is 1. The van der Waals surface area contributed by atoms with Gasteiger partial charge in [-0.25, -0.2) is 0 Å². The molecule has 0 radical (unpaired) electrons. The maximum atomic E-state index is 5.65. The molecule has 1 aromatic rings. The SMILES string of the molecule is COc1c2c(cc3c1[C@H](C#CCN(C)C)N(C)CC3)OCO2. The molecule has 0 saturated heterocycles.